The Morgan fingerprint density at radius 1 is 0.963 bits per heavy atom. The van der Waals surface area contributed by atoms with Crippen molar-refractivity contribution < 1.29 is 35.9 Å². The fourth-order valence-corrected chi connectivity index (χ4v) is 2.38. The van der Waals surface area contributed by atoms with E-state index in [-0.39, 0.29) is 24.0 Å². The van der Waals surface area contributed by atoms with Crippen LogP contribution in [0.1, 0.15) is 63.8 Å². The molecule has 1 atom stereocenters. The quantitative estimate of drug-likeness (QED) is 0.601. The summed E-state index contributed by atoms with van der Waals surface area (Å²) in [6.45, 7) is 8.26. The highest BCUT2D eigenvalue weighted by molar-refractivity contribution is 5.68. The molecule has 1 aromatic carbocycles. The number of hydrogen-bond donors (Lipinski definition) is 1. The van der Waals surface area contributed by atoms with E-state index in [0.29, 0.717) is 12.1 Å². The van der Waals surface area contributed by atoms with E-state index >= 15 is 0 Å². The van der Waals surface area contributed by atoms with Gasteiger partial charge in [0.05, 0.1) is 17.2 Å². The standard InChI is InChI=1S/C18H23F6NO2/c1-10(2)6-14(25-15(26)27-16(3,4)5)11-7-12(17(19,20)21)9-13(8-11)18(22,23)24/h7-10,14H,6H2,1-5H3,(H,25,26)/t14-/m0/s1. The first-order valence-corrected chi connectivity index (χ1v) is 8.28. The van der Waals surface area contributed by atoms with E-state index < -0.39 is 41.2 Å². The van der Waals surface area contributed by atoms with Crippen LogP contribution in [-0.4, -0.2) is 11.7 Å². The molecule has 0 unspecified atom stereocenters. The Balaban J connectivity index is 3.37. The number of alkyl carbamates (subject to hydrolysis) is 1. The number of amides is 1. The van der Waals surface area contributed by atoms with Crippen molar-refractivity contribution in [3.05, 3.63) is 34.9 Å². The molecule has 1 aromatic rings. The summed E-state index contributed by atoms with van der Waals surface area (Å²) in [6, 6.07) is 0.242. The molecule has 1 rings (SSSR count). The van der Waals surface area contributed by atoms with Crippen molar-refractivity contribution in [2.75, 3.05) is 0 Å². The summed E-state index contributed by atoms with van der Waals surface area (Å²) in [5.41, 5.74) is -3.99. The number of rotatable bonds is 4. The molecular formula is C18H23F6NO2. The van der Waals surface area contributed by atoms with Gasteiger partial charge in [-0.05, 0) is 56.9 Å². The molecule has 0 spiro atoms. The number of ether oxygens (including phenoxy) is 1. The van der Waals surface area contributed by atoms with E-state index in [1.807, 2.05) is 0 Å². The Morgan fingerprint density at radius 3 is 1.74 bits per heavy atom. The van der Waals surface area contributed by atoms with E-state index in [1.165, 1.54) is 0 Å². The van der Waals surface area contributed by atoms with Crippen LogP contribution < -0.4 is 5.32 Å². The van der Waals surface area contributed by atoms with Crippen molar-refractivity contribution in [2.24, 2.45) is 5.92 Å². The zero-order valence-electron chi connectivity index (χ0n) is 15.7. The highest BCUT2D eigenvalue weighted by Gasteiger charge is 2.37. The van der Waals surface area contributed by atoms with Crippen LogP contribution in [0.3, 0.4) is 0 Å². The number of carbonyl (C=O) groups excluding carboxylic acids is 1. The summed E-state index contributed by atoms with van der Waals surface area (Å²) in [7, 11) is 0. The topological polar surface area (TPSA) is 38.3 Å². The summed E-state index contributed by atoms with van der Waals surface area (Å²) in [6.07, 6.45) is -10.7. The Labute approximate surface area is 154 Å². The van der Waals surface area contributed by atoms with Crippen molar-refractivity contribution in [3.63, 3.8) is 0 Å². The van der Waals surface area contributed by atoms with Crippen molar-refractivity contribution in [3.8, 4) is 0 Å². The molecule has 0 saturated carbocycles. The summed E-state index contributed by atoms with van der Waals surface area (Å²) < 4.78 is 83.5. The van der Waals surface area contributed by atoms with Crippen molar-refractivity contribution >= 4 is 6.09 Å². The van der Waals surface area contributed by atoms with Crippen molar-refractivity contribution in [2.45, 2.75) is 65.0 Å². The van der Waals surface area contributed by atoms with Gasteiger partial charge in [0.25, 0.3) is 0 Å². The smallest absolute Gasteiger partial charge is 0.416 e. The predicted molar refractivity (Wildman–Crippen MR) is 88.0 cm³/mol. The molecule has 0 heterocycles. The molecule has 0 aliphatic rings. The lowest BCUT2D eigenvalue weighted by atomic mass is 9.93. The zero-order chi connectivity index (χ0) is 21.2. The van der Waals surface area contributed by atoms with Crippen LogP contribution in [-0.2, 0) is 17.1 Å². The van der Waals surface area contributed by atoms with Crippen LogP contribution in [0.5, 0.6) is 0 Å². The van der Waals surface area contributed by atoms with Gasteiger partial charge in [0, 0.05) is 0 Å². The minimum atomic E-state index is -4.95. The lowest BCUT2D eigenvalue weighted by Crippen LogP contribution is -2.35. The lowest BCUT2D eigenvalue weighted by Gasteiger charge is -2.26. The summed E-state index contributed by atoms with van der Waals surface area (Å²) in [5.74, 6) is -0.103. The van der Waals surface area contributed by atoms with E-state index in [4.69, 9.17) is 4.74 Å². The van der Waals surface area contributed by atoms with Crippen molar-refractivity contribution in [1.29, 1.82) is 0 Å². The summed E-state index contributed by atoms with van der Waals surface area (Å²) in [4.78, 5) is 12.0. The Kier molecular flexibility index (Phi) is 6.83. The van der Waals surface area contributed by atoms with E-state index in [9.17, 15) is 31.1 Å². The Morgan fingerprint density at radius 2 is 1.41 bits per heavy atom. The van der Waals surface area contributed by atoms with Gasteiger partial charge in [-0.1, -0.05) is 13.8 Å². The van der Waals surface area contributed by atoms with Gasteiger partial charge in [0.1, 0.15) is 5.60 Å². The molecule has 3 nitrogen and oxygen atoms in total. The predicted octanol–water partition coefficient (Wildman–Crippen LogP) is 6.34. The van der Waals surface area contributed by atoms with Crippen LogP contribution in [0.25, 0.3) is 0 Å². The molecule has 154 valence electrons. The number of hydrogen-bond acceptors (Lipinski definition) is 2. The number of nitrogens with one attached hydrogen (secondary N) is 1. The second-order valence-electron chi connectivity index (χ2n) is 7.67. The fourth-order valence-electron chi connectivity index (χ4n) is 2.38. The van der Waals surface area contributed by atoms with E-state index in [1.54, 1.807) is 34.6 Å². The third-order valence-electron chi connectivity index (χ3n) is 3.41. The van der Waals surface area contributed by atoms with Gasteiger partial charge in [-0.15, -0.1) is 0 Å². The molecule has 0 radical (unpaired) electrons. The molecule has 0 saturated heterocycles. The highest BCUT2D eigenvalue weighted by Crippen LogP contribution is 2.38. The molecule has 0 bridgehead atoms. The van der Waals surface area contributed by atoms with Gasteiger partial charge in [0.2, 0.25) is 0 Å². The third kappa shape index (κ3) is 7.68. The van der Waals surface area contributed by atoms with Crippen LogP contribution in [0.4, 0.5) is 31.1 Å². The minimum absolute atomic E-state index is 0.0589. The van der Waals surface area contributed by atoms with Crippen LogP contribution in [0.2, 0.25) is 0 Å². The third-order valence-corrected chi connectivity index (χ3v) is 3.41. The lowest BCUT2D eigenvalue weighted by molar-refractivity contribution is -0.143. The van der Waals surface area contributed by atoms with E-state index in [0.717, 1.165) is 0 Å². The van der Waals surface area contributed by atoms with Crippen molar-refractivity contribution in [1.82, 2.24) is 5.32 Å². The van der Waals surface area contributed by atoms with Crippen LogP contribution in [0, 0.1) is 5.92 Å². The average Bonchev–Trinajstić information content (AvgIpc) is 2.41. The maximum absolute atomic E-state index is 13.1. The molecule has 0 fully saturated rings. The van der Waals surface area contributed by atoms with Crippen LogP contribution >= 0.6 is 0 Å². The zero-order valence-corrected chi connectivity index (χ0v) is 15.7. The SMILES string of the molecule is CC(C)C[C@H](NC(=O)OC(C)(C)C)c1cc(C(F)(F)F)cc(C(F)(F)F)c1. The van der Waals surface area contributed by atoms with Gasteiger partial charge in [-0.2, -0.15) is 26.3 Å². The number of halogens is 6. The fraction of sp³-hybridized carbons (Fsp3) is 0.611. The first-order chi connectivity index (χ1) is 12.0. The molecule has 27 heavy (non-hydrogen) atoms. The largest absolute Gasteiger partial charge is 0.444 e. The second-order valence-corrected chi connectivity index (χ2v) is 7.67. The number of benzene rings is 1. The first kappa shape index (κ1) is 23.1. The maximum atomic E-state index is 13.1. The molecule has 1 N–H and O–H groups in total. The average molecular weight is 399 g/mol. The molecule has 0 aliphatic heterocycles. The monoisotopic (exact) mass is 399 g/mol. The highest BCUT2D eigenvalue weighted by atomic mass is 19.4. The molecule has 0 aromatic heterocycles. The molecule has 0 aliphatic carbocycles. The second kappa shape index (κ2) is 7.98. The van der Waals surface area contributed by atoms with E-state index in [2.05, 4.69) is 5.32 Å². The molecule has 9 heteroatoms. The van der Waals surface area contributed by atoms with Crippen LogP contribution in [0.15, 0.2) is 18.2 Å². The Bertz CT molecular complexity index is 627. The van der Waals surface area contributed by atoms with Gasteiger partial charge in [-0.25, -0.2) is 4.79 Å². The van der Waals surface area contributed by atoms with Gasteiger partial charge < -0.3 is 10.1 Å². The number of carbonyl (C=O) groups is 1. The molecule has 1 amide bonds. The summed E-state index contributed by atoms with van der Waals surface area (Å²) in [5, 5.41) is 2.38. The van der Waals surface area contributed by atoms with Gasteiger partial charge in [0.15, 0.2) is 0 Å². The minimum Gasteiger partial charge on any atom is -0.444 e. The summed E-state index contributed by atoms with van der Waals surface area (Å²) >= 11 is 0. The first-order valence-electron chi connectivity index (χ1n) is 8.28. The normalized spacial score (nSPS) is 14.2. The van der Waals surface area contributed by atoms with Gasteiger partial charge >= 0.3 is 18.4 Å². The van der Waals surface area contributed by atoms with Gasteiger partial charge in [-0.3, -0.25) is 0 Å². The molecular weight excluding hydrogens is 376 g/mol. The number of alkyl halides is 6. The maximum Gasteiger partial charge on any atom is 0.416 e. The Hall–Kier alpha value is -1.93.